The minimum atomic E-state index is -1.29. The number of nitrogens with zero attached hydrogens (tertiary/aromatic N) is 3. The number of carbonyl (C=O) groups is 1. The number of carboxylic acids is 1. The van der Waals surface area contributed by atoms with Crippen molar-refractivity contribution in [2.24, 2.45) is 0 Å². The Morgan fingerprint density at radius 3 is 2.48 bits per heavy atom. The average Bonchev–Trinajstić information content (AvgIpc) is 3.25. The Morgan fingerprint density at radius 2 is 1.76 bits per heavy atom. The van der Waals surface area contributed by atoms with E-state index in [1.165, 1.54) is 6.07 Å². The summed E-state index contributed by atoms with van der Waals surface area (Å²) in [5.41, 5.74) is 4.22. The van der Waals surface area contributed by atoms with Crippen LogP contribution in [0.4, 0.5) is 0 Å². The van der Waals surface area contributed by atoms with Gasteiger partial charge in [-0.2, -0.15) is 0 Å². The van der Waals surface area contributed by atoms with E-state index < -0.39 is 5.97 Å². The number of ether oxygens (including phenoxy) is 1. The molecule has 0 N–H and O–H groups in total. The Balaban J connectivity index is 0.00000259. The summed E-state index contributed by atoms with van der Waals surface area (Å²) in [7, 11) is 0. The molecule has 2 aromatic carbocycles. The van der Waals surface area contributed by atoms with E-state index in [0.717, 1.165) is 16.8 Å². The van der Waals surface area contributed by atoms with E-state index in [1.54, 1.807) is 6.07 Å². The van der Waals surface area contributed by atoms with Crippen molar-refractivity contribution in [2.75, 3.05) is 0 Å². The van der Waals surface area contributed by atoms with Crippen molar-refractivity contribution in [1.29, 1.82) is 0 Å². The van der Waals surface area contributed by atoms with Gasteiger partial charge in [-0.1, -0.05) is 42.5 Å². The molecule has 3 aromatic heterocycles. The first kappa shape index (κ1) is 23.0. The summed E-state index contributed by atoms with van der Waals surface area (Å²) in [6.45, 7) is 3.82. The molecule has 7 heteroatoms. The summed E-state index contributed by atoms with van der Waals surface area (Å²) in [6.07, 6.45) is 3.44. The summed E-state index contributed by atoms with van der Waals surface area (Å²) in [6, 6.07) is 20.6. The van der Waals surface area contributed by atoms with Gasteiger partial charge in [0.05, 0.1) is 22.6 Å². The van der Waals surface area contributed by atoms with Gasteiger partial charge in [-0.15, -0.1) is 0 Å². The van der Waals surface area contributed by atoms with Crippen molar-refractivity contribution in [2.45, 2.75) is 20.0 Å². The summed E-state index contributed by atoms with van der Waals surface area (Å²) < 4.78 is 8.07. The Morgan fingerprint density at radius 1 is 1.00 bits per heavy atom. The molecule has 0 bridgehead atoms. The number of aromatic nitrogens is 3. The Kier molecular flexibility index (Phi) is 6.51. The molecule has 0 saturated heterocycles. The Labute approximate surface area is 213 Å². The number of benzene rings is 2. The predicted molar refractivity (Wildman–Crippen MR) is 120 cm³/mol. The third-order valence-corrected chi connectivity index (χ3v) is 5.54. The zero-order chi connectivity index (χ0) is 22.2. The van der Waals surface area contributed by atoms with Crippen LogP contribution in [0.2, 0.25) is 0 Å². The van der Waals surface area contributed by atoms with Crippen LogP contribution in [0, 0.1) is 6.92 Å². The molecular weight excluding hydrogens is 425 g/mol. The fourth-order valence-corrected chi connectivity index (χ4v) is 3.87. The first-order valence-electron chi connectivity index (χ1n) is 10.3. The standard InChI is InChI=1S/C26H21N3O3.Na/c1-16-11-12-22(32-17(2)18-8-4-3-5-9-18)24-19(26(30)31)14-20(28-25(16)24)21-15-29-13-7-6-10-23(29)27-21;/h3-15,17H,1-2H3,(H,30,31);/q;+1/p-1/t17-;/m1./s1. The maximum Gasteiger partial charge on any atom is 1.00 e. The van der Waals surface area contributed by atoms with Crippen molar-refractivity contribution in [1.82, 2.24) is 14.4 Å². The van der Waals surface area contributed by atoms with Crippen molar-refractivity contribution in [3.63, 3.8) is 0 Å². The minimum Gasteiger partial charge on any atom is -0.545 e. The average molecular weight is 445 g/mol. The van der Waals surface area contributed by atoms with Crippen LogP contribution in [-0.2, 0) is 0 Å². The smallest absolute Gasteiger partial charge is 0.545 e. The van der Waals surface area contributed by atoms with Crippen LogP contribution >= 0.6 is 0 Å². The zero-order valence-electron chi connectivity index (χ0n) is 18.6. The van der Waals surface area contributed by atoms with Crippen molar-refractivity contribution < 1.29 is 44.2 Å². The summed E-state index contributed by atoms with van der Waals surface area (Å²) >= 11 is 0. The number of rotatable bonds is 5. The molecule has 0 aliphatic carbocycles. The van der Waals surface area contributed by atoms with E-state index in [1.807, 2.05) is 85.2 Å². The maximum absolute atomic E-state index is 12.2. The van der Waals surface area contributed by atoms with Crippen LogP contribution in [0.5, 0.6) is 5.75 Å². The topological polar surface area (TPSA) is 79.5 Å². The molecule has 0 spiro atoms. The maximum atomic E-state index is 12.2. The van der Waals surface area contributed by atoms with Gasteiger partial charge in [-0.05, 0) is 49.2 Å². The van der Waals surface area contributed by atoms with Crippen molar-refractivity contribution in [3.8, 4) is 17.1 Å². The monoisotopic (exact) mass is 445 g/mol. The van der Waals surface area contributed by atoms with Gasteiger partial charge in [0.2, 0.25) is 0 Å². The van der Waals surface area contributed by atoms with Crippen molar-refractivity contribution >= 4 is 22.5 Å². The number of aromatic carboxylic acids is 1. The molecule has 0 unspecified atom stereocenters. The molecule has 158 valence electrons. The number of hydrogen-bond donors (Lipinski definition) is 0. The third-order valence-electron chi connectivity index (χ3n) is 5.54. The predicted octanol–water partition coefficient (Wildman–Crippen LogP) is 1.37. The number of carbonyl (C=O) groups excluding carboxylic acids is 1. The molecular formula is C26H20N3NaO3. The van der Waals surface area contributed by atoms with E-state index in [-0.39, 0.29) is 41.2 Å². The number of hydrogen-bond acceptors (Lipinski definition) is 5. The molecule has 0 fully saturated rings. The Hall–Kier alpha value is -3.19. The number of imidazole rings is 1. The third kappa shape index (κ3) is 4.37. The fraction of sp³-hybridized carbons (Fsp3) is 0.115. The molecule has 5 aromatic rings. The number of pyridine rings is 2. The van der Waals surface area contributed by atoms with Crippen LogP contribution in [-0.4, -0.2) is 20.3 Å². The number of carboxylic acid groups (broad SMARTS) is 1. The van der Waals surface area contributed by atoms with Gasteiger partial charge in [0.15, 0.2) is 0 Å². The first-order chi connectivity index (χ1) is 15.5. The van der Waals surface area contributed by atoms with Crippen LogP contribution < -0.4 is 39.4 Å². The molecule has 1 atom stereocenters. The SMILES string of the molecule is Cc1ccc(O[C@H](C)c2ccccc2)c2c(C(=O)[O-])cc(-c3cn4ccccc4n3)nc12.[Na+]. The van der Waals surface area contributed by atoms with E-state index in [4.69, 9.17) is 9.72 Å². The first-order valence-corrected chi connectivity index (χ1v) is 10.3. The fourth-order valence-electron chi connectivity index (χ4n) is 3.87. The summed E-state index contributed by atoms with van der Waals surface area (Å²) in [5, 5.41) is 12.6. The van der Waals surface area contributed by atoms with Crippen LogP contribution in [0.25, 0.3) is 27.9 Å². The Bertz CT molecular complexity index is 1430. The summed E-state index contributed by atoms with van der Waals surface area (Å²) in [5.74, 6) is -0.833. The van der Waals surface area contributed by atoms with Gasteiger partial charge in [0.25, 0.3) is 0 Å². The summed E-state index contributed by atoms with van der Waals surface area (Å²) in [4.78, 5) is 21.5. The second-order valence-electron chi connectivity index (χ2n) is 7.71. The molecule has 0 aliphatic heterocycles. The van der Waals surface area contributed by atoms with E-state index in [2.05, 4.69) is 4.98 Å². The molecule has 0 radical (unpaired) electrons. The van der Waals surface area contributed by atoms with Crippen LogP contribution in [0.1, 0.15) is 34.5 Å². The van der Waals surface area contributed by atoms with Crippen molar-refractivity contribution in [3.05, 3.63) is 95.8 Å². The van der Waals surface area contributed by atoms with Gasteiger partial charge >= 0.3 is 29.6 Å². The molecule has 33 heavy (non-hydrogen) atoms. The van der Waals surface area contributed by atoms with Gasteiger partial charge in [-0.3, -0.25) is 0 Å². The second kappa shape index (κ2) is 9.35. The van der Waals surface area contributed by atoms with E-state index >= 15 is 0 Å². The normalized spacial score (nSPS) is 11.8. The van der Waals surface area contributed by atoms with E-state index in [0.29, 0.717) is 28.0 Å². The molecule has 3 heterocycles. The van der Waals surface area contributed by atoms with E-state index in [9.17, 15) is 9.90 Å². The molecule has 5 rings (SSSR count). The number of fused-ring (bicyclic) bond motifs is 2. The minimum absolute atomic E-state index is 0. The quantitative estimate of drug-likeness (QED) is 0.382. The molecule has 0 aliphatic rings. The van der Waals surface area contributed by atoms with Gasteiger partial charge in [0, 0.05) is 18.0 Å². The molecule has 0 amide bonds. The second-order valence-corrected chi connectivity index (χ2v) is 7.71. The van der Waals surface area contributed by atoms with Gasteiger partial charge < -0.3 is 19.0 Å². The molecule has 6 nitrogen and oxygen atoms in total. The van der Waals surface area contributed by atoms with Gasteiger partial charge in [0.1, 0.15) is 23.2 Å². The van der Waals surface area contributed by atoms with Crippen LogP contribution in [0.15, 0.2) is 79.1 Å². The largest absolute Gasteiger partial charge is 1.00 e. The van der Waals surface area contributed by atoms with Gasteiger partial charge in [-0.25, -0.2) is 9.97 Å². The zero-order valence-corrected chi connectivity index (χ0v) is 20.6. The van der Waals surface area contributed by atoms with Crippen LogP contribution in [0.3, 0.4) is 0 Å². The molecule has 0 saturated carbocycles. The number of aryl methyl sites for hydroxylation is 1.